The number of carbonyl (C=O) groups is 1. The fourth-order valence-electron chi connectivity index (χ4n) is 5.11. The molecule has 5 rings (SSSR count). The summed E-state index contributed by atoms with van der Waals surface area (Å²) in [4.78, 5) is 27.7. The third kappa shape index (κ3) is 5.41. The number of nitrogens with zero attached hydrogens (tertiary/aromatic N) is 4. The molecule has 0 bridgehead atoms. The third-order valence-corrected chi connectivity index (χ3v) is 7.00. The lowest BCUT2D eigenvalue weighted by Gasteiger charge is -2.38. The van der Waals surface area contributed by atoms with Gasteiger partial charge in [-0.2, -0.15) is 13.2 Å². The highest BCUT2D eigenvalue weighted by Gasteiger charge is 2.46. The number of benzene rings is 1. The number of likely N-dealkylation sites (tertiary alicyclic amines) is 1. The fraction of sp³-hybridized carbons (Fsp3) is 0.423. The third-order valence-electron chi connectivity index (χ3n) is 7.00. The second-order valence-electron chi connectivity index (χ2n) is 9.37. The molecule has 37 heavy (non-hydrogen) atoms. The summed E-state index contributed by atoms with van der Waals surface area (Å²) < 4.78 is 47.6. The Hall–Kier alpha value is -3.60. The molecule has 2 N–H and O–H groups in total. The minimum atomic E-state index is -4.46. The van der Waals surface area contributed by atoms with Gasteiger partial charge in [-0.1, -0.05) is 18.7 Å². The number of rotatable bonds is 6. The van der Waals surface area contributed by atoms with Gasteiger partial charge in [0.25, 0.3) is 0 Å². The molecule has 4 heterocycles. The number of ether oxygens (including phenoxy) is 1. The Bertz CT molecular complexity index is 1250. The second-order valence-corrected chi connectivity index (χ2v) is 9.37. The Kier molecular flexibility index (Phi) is 7.05. The topological polar surface area (TPSA) is 86.4 Å². The Labute approximate surface area is 212 Å². The highest BCUT2D eigenvalue weighted by Crippen LogP contribution is 2.35. The zero-order valence-corrected chi connectivity index (χ0v) is 20.3. The van der Waals surface area contributed by atoms with Crippen molar-refractivity contribution in [2.75, 3.05) is 49.6 Å². The van der Waals surface area contributed by atoms with E-state index in [0.717, 1.165) is 41.6 Å². The Balaban J connectivity index is 1.34. The van der Waals surface area contributed by atoms with Crippen LogP contribution in [-0.4, -0.2) is 77.4 Å². The number of anilines is 2. The molecule has 0 unspecified atom stereocenters. The molecule has 2 atom stereocenters. The van der Waals surface area contributed by atoms with E-state index in [1.54, 1.807) is 24.3 Å². The number of alkyl halides is 3. The van der Waals surface area contributed by atoms with Crippen molar-refractivity contribution in [3.63, 3.8) is 0 Å². The van der Waals surface area contributed by atoms with E-state index in [-0.39, 0.29) is 12.5 Å². The first-order valence-electron chi connectivity index (χ1n) is 12.3. The molecule has 2 aromatic heterocycles. The number of halogens is 3. The minimum Gasteiger partial charge on any atom is -0.378 e. The van der Waals surface area contributed by atoms with Gasteiger partial charge in [0.2, 0.25) is 5.91 Å². The zero-order chi connectivity index (χ0) is 26.0. The number of morpholine rings is 1. The molecule has 1 aromatic carbocycles. The monoisotopic (exact) mass is 514 g/mol. The molecule has 11 heteroatoms. The van der Waals surface area contributed by atoms with Crippen LogP contribution < -0.4 is 10.2 Å². The number of carbonyl (C=O) groups excluding carboxylic acids is 1. The Morgan fingerprint density at radius 1 is 1.19 bits per heavy atom. The molecule has 0 saturated carbocycles. The van der Waals surface area contributed by atoms with Gasteiger partial charge in [-0.15, -0.1) is 0 Å². The average Bonchev–Trinajstić information content (AvgIpc) is 3.36. The van der Waals surface area contributed by atoms with Crippen LogP contribution in [0.2, 0.25) is 0 Å². The van der Waals surface area contributed by atoms with E-state index < -0.39 is 18.1 Å². The molecule has 1 amide bonds. The van der Waals surface area contributed by atoms with Crippen molar-refractivity contribution in [3.8, 4) is 11.3 Å². The van der Waals surface area contributed by atoms with E-state index >= 15 is 0 Å². The number of fused-ring (bicyclic) bond motifs is 1. The molecule has 2 saturated heterocycles. The van der Waals surface area contributed by atoms with Gasteiger partial charge in [-0.25, -0.2) is 9.97 Å². The van der Waals surface area contributed by atoms with E-state index in [2.05, 4.69) is 31.7 Å². The Morgan fingerprint density at radius 2 is 1.95 bits per heavy atom. The van der Waals surface area contributed by atoms with Crippen LogP contribution in [0.25, 0.3) is 22.3 Å². The standard InChI is InChI=1S/C26H29F3N6O2/c1-2-22(36)35-9-3-4-18(15-35)23(26(27,28)29)32-19-7-5-17(6-8-19)21-14-20-24(33-21)30-16-31-25(20)34-10-12-37-13-11-34/h2,5-8,14,16,18,23,32H,1,3-4,9-13,15H2,(H,30,31,33)/t18-,23-/m0/s1. The number of H-pyrrole nitrogens is 1. The van der Waals surface area contributed by atoms with Gasteiger partial charge in [-0.3, -0.25) is 4.79 Å². The van der Waals surface area contributed by atoms with Gasteiger partial charge < -0.3 is 24.8 Å². The molecule has 0 aliphatic carbocycles. The van der Waals surface area contributed by atoms with Crippen molar-refractivity contribution < 1.29 is 22.7 Å². The maximum Gasteiger partial charge on any atom is 0.408 e. The van der Waals surface area contributed by atoms with Crippen LogP contribution in [0.5, 0.6) is 0 Å². The van der Waals surface area contributed by atoms with Gasteiger partial charge in [0.15, 0.2) is 0 Å². The van der Waals surface area contributed by atoms with Crippen LogP contribution in [0.4, 0.5) is 24.7 Å². The quantitative estimate of drug-likeness (QED) is 0.479. The maximum absolute atomic E-state index is 14.0. The van der Waals surface area contributed by atoms with Crippen molar-refractivity contribution in [3.05, 3.63) is 49.3 Å². The lowest BCUT2D eigenvalue weighted by molar-refractivity contribution is -0.159. The van der Waals surface area contributed by atoms with Crippen LogP contribution in [0, 0.1) is 5.92 Å². The number of hydrogen-bond donors (Lipinski definition) is 2. The molecular formula is C26H29F3N6O2. The van der Waals surface area contributed by atoms with Crippen molar-refractivity contribution in [2.24, 2.45) is 5.92 Å². The number of aromatic amines is 1. The first-order valence-corrected chi connectivity index (χ1v) is 12.3. The van der Waals surface area contributed by atoms with Crippen LogP contribution in [0.3, 0.4) is 0 Å². The first-order chi connectivity index (χ1) is 17.8. The lowest BCUT2D eigenvalue weighted by Crippen LogP contribution is -2.50. The molecule has 0 spiro atoms. The van der Waals surface area contributed by atoms with Crippen LogP contribution >= 0.6 is 0 Å². The largest absolute Gasteiger partial charge is 0.408 e. The van der Waals surface area contributed by atoms with Gasteiger partial charge in [0, 0.05) is 43.5 Å². The summed E-state index contributed by atoms with van der Waals surface area (Å²) in [5, 5.41) is 3.57. The highest BCUT2D eigenvalue weighted by atomic mass is 19.4. The predicted molar refractivity (Wildman–Crippen MR) is 135 cm³/mol. The molecule has 0 radical (unpaired) electrons. The average molecular weight is 515 g/mol. The summed E-state index contributed by atoms with van der Waals surface area (Å²) >= 11 is 0. The first kappa shape index (κ1) is 25.1. The molecular weight excluding hydrogens is 485 g/mol. The second kappa shape index (κ2) is 10.4. The van der Waals surface area contributed by atoms with Crippen LogP contribution in [0.1, 0.15) is 12.8 Å². The Morgan fingerprint density at radius 3 is 2.65 bits per heavy atom. The van der Waals surface area contributed by atoms with E-state index in [9.17, 15) is 18.0 Å². The molecule has 196 valence electrons. The number of amides is 1. The molecule has 2 fully saturated rings. The molecule has 2 aliphatic heterocycles. The van der Waals surface area contributed by atoms with E-state index in [0.29, 0.717) is 43.9 Å². The van der Waals surface area contributed by atoms with Gasteiger partial charge in [0.1, 0.15) is 23.8 Å². The van der Waals surface area contributed by atoms with Gasteiger partial charge >= 0.3 is 6.18 Å². The van der Waals surface area contributed by atoms with E-state index in [1.807, 2.05) is 6.07 Å². The van der Waals surface area contributed by atoms with E-state index in [1.165, 1.54) is 11.2 Å². The summed E-state index contributed by atoms with van der Waals surface area (Å²) in [7, 11) is 0. The number of hydrogen-bond acceptors (Lipinski definition) is 6. The van der Waals surface area contributed by atoms with Crippen molar-refractivity contribution >= 4 is 28.4 Å². The van der Waals surface area contributed by atoms with E-state index in [4.69, 9.17) is 4.74 Å². The summed E-state index contributed by atoms with van der Waals surface area (Å²) in [6.07, 6.45) is -0.885. The number of aromatic nitrogens is 3. The van der Waals surface area contributed by atoms with Gasteiger partial charge in [-0.05, 0) is 42.7 Å². The summed E-state index contributed by atoms with van der Waals surface area (Å²) in [6, 6.07) is 7.04. The normalized spacial score (nSPS) is 19.6. The van der Waals surface area contributed by atoms with Gasteiger partial charge in [0.05, 0.1) is 18.6 Å². The molecule has 2 aliphatic rings. The smallest absolute Gasteiger partial charge is 0.378 e. The van der Waals surface area contributed by atoms with Crippen molar-refractivity contribution in [1.82, 2.24) is 19.9 Å². The molecule has 8 nitrogen and oxygen atoms in total. The lowest BCUT2D eigenvalue weighted by atomic mass is 9.89. The number of piperidine rings is 1. The SMILES string of the molecule is C=CC(=O)N1CCC[C@H]([C@H](Nc2ccc(-c3cc4c(N5CCOCC5)ncnc4[nH]3)cc2)C(F)(F)F)C1. The summed E-state index contributed by atoms with van der Waals surface area (Å²) in [6.45, 7) is 6.71. The van der Waals surface area contributed by atoms with Crippen molar-refractivity contribution in [2.45, 2.75) is 25.1 Å². The maximum atomic E-state index is 14.0. The highest BCUT2D eigenvalue weighted by molar-refractivity contribution is 5.92. The number of nitrogens with one attached hydrogen (secondary N) is 2. The minimum absolute atomic E-state index is 0.0433. The zero-order valence-electron chi connectivity index (χ0n) is 20.3. The van der Waals surface area contributed by atoms with Crippen LogP contribution in [-0.2, 0) is 9.53 Å². The summed E-state index contributed by atoms with van der Waals surface area (Å²) in [5.74, 6) is -0.253. The fourth-order valence-corrected chi connectivity index (χ4v) is 5.11. The van der Waals surface area contributed by atoms with Crippen LogP contribution in [0.15, 0.2) is 49.3 Å². The predicted octanol–water partition coefficient (Wildman–Crippen LogP) is 4.23. The molecule has 3 aromatic rings. The summed E-state index contributed by atoms with van der Waals surface area (Å²) in [5.41, 5.74) is 2.68. The van der Waals surface area contributed by atoms with Crippen molar-refractivity contribution in [1.29, 1.82) is 0 Å².